The second kappa shape index (κ2) is 10.2. The van der Waals surface area contributed by atoms with Crippen LogP contribution in [0.1, 0.15) is 27.7 Å². The fourth-order valence-electron chi connectivity index (χ4n) is 1.53. The topological polar surface area (TPSA) is 36.9 Å². The Morgan fingerprint density at radius 1 is 1.47 bits per heavy atom. The lowest BCUT2D eigenvalue weighted by molar-refractivity contribution is 0.130. The van der Waals surface area contributed by atoms with Gasteiger partial charge in [0.25, 0.3) is 0 Å². The number of aliphatic imine (C=N–C) groups is 1. The van der Waals surface area contributed by atoms with Crippen LogP contribution in [0.5, 0.6) is 0 Å². The van der Waals surface area contributed by atoms with Crippen LogP contribution in [0.2, 0.25) is 0 Å². The summed E-state index contributed by atoms with van der Waals surface area (Å²) in [5.74, 6) is 1.48. The number of likely N-dealkylation sites (N-methyl/N-ethyl adjacent to an activating group) is 1. The highest BCUT2D eigenvalue weighted by Crippen LogP contribution is 2.05. The SMILES string of the molecule is C=N/C(=C\C=C/C)N(CC)CCNC(=C)OC(C)C. The van der Waals surface area contributed by atoms with Crippen LogP contribution in [0.25, 0.3) is 0 Å². The van der Waals surface area contributed by atoms with E-state index >= 15 is 0 Å². The second-order valence-electron chi connectivity index (χ2n) is 4.30. The van der Waals surface area contributed by atoms with Gasteiger partial charge in [0.2, 0.25) is 0 Å². The standard InChI is InChI=1S/C15H27N3O/c1-7-9-10-15(16-6)18(8-2)12-11-17-14(5)19-13(3)4/h7,9-10,13,17H,5-6,8,11-12H2,1-4H3/b9-7-,15-10+. The van der Waals surface area contributed by atoms with Crippen molar-refractivity contribution < 1.29 is 4.74 Å². The average molecular weight is 265 g/mol. The summed E-state index contributed by atoms with van der Waals surface area (Å²) >= 11 is 0. The van der Waals surface area contributed by atoms with Crippen LogP contribution in [0.4, 0.5) is 0 Å². The molecule has 0 heterocycles. The summed E-state index contributed by atoms with van der Waals surface area (Å²) in [6, 6.07) is 0. The molecule has 0 bridgehead atoms. The molecule has 0 fully saturated rings. The Bertz CT molecular complexity index is 332. The number of ether oxygens (including phenoxy) is 1. The van der Waals surface area contributed by atoms with Crippen LogP contribution >= 0.6 is 0 Å². The van der Waals surface area contributed by atoms with Crippen LogP contribution in [0.3, 0.4) is 0 Å². The Kier molecular flexibility index (Phi) is 9.31. The molecule has 0 amide bonds. The van der Waals surface area contributed by atoms with Crippen molar-refractivity contribution in [3.8, 4) is 0 Å². The zero-order chi connectivity index (χ0) is 14.7. The summed E-state index contributed by atoms with van der Waals surface area (Å²) in [5.41, 5.74) is 0. The van der Waals surface area contributed by atoms with E-state index < -0.39 is 0 Å². The van der Waals surface area contributed by atoms with Crippen molar-refractivity contribution in [1.29, 1.82) is 0 Å². The fraction of sp³-hybridized carbons (Fsp3) is 0.533. The van der Waals surface area contributed by atoms with Gasteiger partial charge in [0.15, 0.2) is 5.88 Å². The first-order chi connectivity index (χ1) is 9.04. The highest BCUT2D eigenvalue weighted by Gasteiger charge is 2.05. The number of hydrogen-bond donors (Lipinski definition) is 1. The van der Waals surface area contributed by atoms with Crippen molar-refractivity contribution in [2.45, 2.75) is 33.8 Å². The van der Waals surface area contributed by atoms with E-state index in [1.807, 2.05) is 39.0 Å². The molecule has 4 nitrogen and oxygen atoms in total. The van der Waals surface area contributed by atoms with Crippen molar-refractivity contribution in [3.63, 3.8) is 0 Å². The van der Waals surface area contributed by atoms with Crippen molar-refractivity contribution in [2.75, 3.05) is 19.6 Å². The summed E-state index contributed by atoms with van der Waals surface area (Å²) in [4.78, 5) is 6.19. The highest BCUT2D eigenvalue weighted by atomic mass is 16.5. The minimum absolute atomic E-state index is 0.141. The molecule has 0 unspecified atom stereocenters. The van der Waals surface area contributed by atoms with Crippen LogP contribution in [0.15, 0.2) is 41.5 Å². The molecule has 0 saturated heterocycles. The van der Waals surface area contributed by atoms with Gasteiger partial charge >= 0.3 is 0 Å². The largest absolute Gasteiger partial charge is 0.477 e. The maximum absolute atomic E-state index is 5.43. The third-order valence-corrected chi connectivity index (χ3v) is 2.39. The van der Waals surface area contributed by atoms with E-state index in [1.165, 1.54) is 0 Å². The number of allylic oxidation sites excluding steroid dienone is 3. The Labute approximate surface area is 117 Å². The van der Waals surface area contributed by atoms with E-state index in [2.05, 4.69) is 35.4 Å². The monoisotopic (exact) mass is 265 g/mol. The first kappa shape index (κ1) is 17.3. The van der Waals surface area contributed by atoms with Gasteiger partial charge in [-0.05, 0) is 47.1 Å². The molecule has 0 saturated carbocycles. The lowest BCUT2D eigenvalue weighted by Gasteiger charge is -2.23. The molecule has 0 aliphatic rings. The molecule has 0 aromatic heterocycles. The molecule has 1 N–H and O–H groups in total. The first-order valence-electron chi connectivity index (χ1n) is 6.69. The first-order valence-corrected chi connectivity index (χ1v) is 6.69. The third kappa shape index (κ3) is 8.08. The van der Waals surface area contributed by atoms with Crippen LogP contribution in [0, 0.1) is 0 Å². The zero-order valence-corrected chi connectivity index (χ0v) is 12.6. The minimum atomic E-state index is 0.141. The number of rotatable bonds is 10. The molecule has 0 spiro atoms. The molecule has 0 aromatic carbocycles. The third-order valence-electron chi connectivity index (χ3n) is 2.39. The number of hydrogen-bond acceptors (Lipinski definition) is 4. The van der Waals surface area contributed by atoms with Crippen LogP contribution < -0.4 is 5.32 Å². The van der Waals surface area contributed by atoms with Gasteiger partial charge in [0.1, 0.15) is 5.82 Å². The summed E-state index contributed by atoms with van der Waals surface area (Å²) in [7, 11) is 0. The predicted molar refractivity (Wildman–Crippen MR) is 83.1 cm³/mol. The van der Waals surface area contributed by atoms with Gasteiger partial charge < -0.3 is 15.0 Å². The molecule has 0 aliphatic heterocycles. The molecular weight excluding hydrogens is 238 g/mol. The van der Waals surface area contributed by atoms with Gasteiger partial charge in [-0.3, -0.25) is 0 Å². The van der Waals surface area contributed by atoms with E-state index in [9.17, 15) is 0 Å². The molecule has 4 heteroatoms. The average Bonchev–Trinajstić information content (AvgIpc) is 2.36. The maximum atomic E-state index is 5.43. The Hall–Kier alpha value is -1.71. The van der Waals surface area contributed by atoms with Gasteiger partial charge in [-0.15, -0.1) is 0 Å². The van der Waals surface area contributed by atoms with Crippen molar-refractivity contribution in [1.82, 2.24) is 10.2 Å². The van der Waals surface area contributed by atoms with Crippen molar-refractivity contribution >= 4 is 6.72 Å². The minimum Gasteiger partial charge on any atom is -0.477 e. The maximum Gasteiger partial charge on any atom is 0.179 e. The van der Waals surface area contributed by atoms with Gasteiger partial charge in [-0.1, -0.05) is 12.2 Å². The predicted octanol–water partition coefficient (Wildman–Crippen LogP) is 2.91. The molecule has 19 heavy (non-hydrogen) atoms. The molecular formula is C15H27N3O. The van der Waals surface area contributed by atoms with Crippen LogP contribution in [-0.2, 0) is 4.74 Å². The Morgan fingerprint density at radius 3 is 2.63 bits per heavy atom. The van der Waals surface area contributed by atoms with Gasteiger partial charge in [0, 0.05) is 19.6 Å². The van der Waals surface area contributed by atoms with E-state index in [-0.39, 0.29) is 6.10 Å². The molecule has 0 radical (unpaired) electrons. The Balaban J connectivity index is 4.26. The highest BCUT2D eigenvalue weighted by molar-refractivity contribution is 5.29. The molecule has 0 aliphatic carbocycles. The van der Waals surface area contributed by atoms with Gasteiger partial charge in [0.05, 0.1) is 6.10 Å². The summed E-state index contributed by atoms with van der Waals surface area (Å²) in [6.07, 6.45) is 6.02. The van der Waals surface area contributed by atoms with E-state index in [4.69, 9.17) is 4.74 Å². The van der Waals surface area contributed by atoms with Crippen molar-refractivity contribution in [2.24, 2.45) is 4.99 Å². The van der Waals surface area contributed by atoms with Gasteiger partial charge in [-0.25, -0.2) is 4.99 Å². The Morgan fingerprint density at radius 2 is 2.16 bits per heavy atom. The van der Waals surface area contributed by atoms with Crippen molar-refractivity contribution in [3.05, 3.63) is 36.5 Å². The lowest BCUT2D eigenvalue weighted by atomic mass is 10.4. The normalized spacial score (nSPS) is 11.7. The molecule has 0 rings (SSSR count). The molecule has 108 valence electrons. The van der Waals surface area contributed by atoms with Crippen LogP contribution in [-0.4, -0.2) is 37.4 Å². The van der Waals surface area contributed by atoms with E-state index in [0.717, 1.165) is 25.5 Å². The second-order valence-corrected chi connectivity index (χ2v) is 4.30. The quantitative estimate of drug-likeness (QED) is 0.375. The smallest absolute Gasteiger partial charge is 0.179 e. The van der Waals surface area contributed by atoms with E-state index in [1.54, 1.807) is 0 Å². The molecule has 0 aromatic rings. The number of nitrogens with one attached hydrogen (secondary N) is 1. The lowest BCUT2D eigenvalue weighted by Crippen LogP contribution is -2.31. The molecule has 0 atom stereocenters. The summed E-state index contributed by atoms with van der Waals surface area (Å²) in [5, 5.41) is 3.15. The summed E-state index contributed by atoms with van der Waals surface area (Å²) < 4.78 is 5.43. The summed E-state index contributed by atoms with van der Waals surface area (Å²) in [6.45, 7) is 17.9. The van der Waals surface area contributed by atoms with Gasteiger partial charge in [-0.2, -0.15) is 0 Å². The zero-order valence-electron chi connectivity index (χ0n) is 12.6. The number of nitrogens with zero attached hydrogens (tertiary/aromatic N) is 2. The fourth-order valence-corrected chi connectivity index (χ4v) is 1.53. The van der Waals surface area contributed by atoms with E-state index in [0.29, 0.717) is 5.88 Å².